The second kappa shape index (κ2) is 10.1. The van der Waals surface area contributed by atoms with Crippen molar-refractivity contribution in [2.24, 2.45) is 0 Å². The molecule has 2 N–H and O–H groups in total. The van der Waals surface area contributed by atoms with Gasteiger partial charge in [0.2, 0.25) is 11.8 Å². The first kappa shape index (κ1) is 23.3. The van der Waals surface area contributed by atoms with Crippen molar-refractivity contribution in [3.8, 4) is 28.9 Å². The zero-order valence-electron chi connectivity index (χ0n) is 20.2. The van der Waals surface area contributed by atoms with E-state index in [0.717, 1.165) is 18.5 Å². The fraction of sp³-hybridized carbons (Fsp3) is 0.320. The number of benzene rings is 1. The molecule has 1 aromatic carbocycles. The third kappa shape index (κ3) is 4.99. The summed E-state index contributed by atoms with van der Waals surface area (Å²) in [5, 5.41) is 10.6. The normalized spacial score (nSPS) is 12.9. The van der Waals surface area contributed by atoms with Gasteiger partial charge < -0.3 is 24.3 Å². The molecule has 0 atom stereocenters. The Balaban J connectivity index is 1.33. The van der Waals surface area contributed by atoms with Crippen LogP contribution in [-0.4, -0.2) is 51.9 Å². The molecular formula is C25H26N6O5. The summed E-state index contributed by atoms with van der Waals surface area (Å²) in [6.45, 7) is 2.39. The molecule has 0 bridgehead atoms. The molecule has 0 saturated heterocycles. The van der Waals surface area contributed by atoms with Crippen molar-refractivity contribution in [1.29, 1.82) is 0 Å². The minimum Gasteiger partial charge on any atom is -0.495 e. The second-order valence-corrected chi connectivity index (χ2v) is 8.26. The number of pyridine rings is 1. The SMILES string of the molecule is CCOc1cc2ncnc(Oc3cnc(CC(=O)Nc4cc(C5CC5)[nH]n4)c(OC)c3)c2cc1OC. The number of rotatable bonds is 10. The molecule has 0 unspecified atom stereocenters. The van der Waals surface area contributed by atoms with Crippen LogP contribution in [-0.2, 0) is 11.2 Å². The lowest BCUT2D eigenvalue weighted by Gasteiger charge is -2.13. The summed E-state index contributed by atoms with van der Waals surface area (Å²) in [6.07, 6.45) is 5.25. The summed E-state index contributed by atoms with van der Waals surface area (Å²) in [5.41, 5.74) is 2.16. The Morgan fingerprint density at radius 2 is 1.89 bits per heavy atom. The highest BCUT2D eigenvalue weighted by Gasteiger charge is 2.26. The van der Waals surface area contributed by atoms with Crippen LogP contribution in [0.15, 0.2) is 36.8 Å². The molecular weight excluding hydrogens is 464 g/mol. The summed E-state index contributed by atoms with van der Waals surface area (Å²) in [6, 6.07) is 7.08. The first-order valence-corrected chi connectivity index (χ1v) is 11.6. The number of aromatic nitrogens is 5. The number of amides is 1. The first-order chi connectivity index (χ1) is 17.6. The number of aromatic amines is 1. The lowest BCUT2D eigenvalue weighted by molar-refractivity contribution is -0.115. The van der Waals surface area contributed by atoms with Crippen LogP contribution in [0.4, 0.5) is 5.82 Å². The monoisotopic (exact) mass is 490 g/mol. The number of nitrogens with zero attached hydrogens (tertiary/aromatic N) is 4. The van der Waals surface area contributed by atoms with Gasteiger partial charge in [-0.1, -0.05) is 0 Å². The minimum absolute atomic E-state index is 0.0168. The van der Waals surface area contributed by atoms with Crippen molar-refractivity contribution in [2.75, 3.05) is 26.1 Å². The molecule has 0 radical (unpaired) electrons. The second-order valence-electron chi connectivity index (χ2n) is 8.26. The van der Waals surface area contributed by atoms with Gasteiger partial charge in [-0.15, -0.1) is 0 Å². The number of hydrogen-bond donors (Lipinski definition) is 2. The summed E-state index contributed by atoms with van der Waals surface area (Å²) in [7, 11) is 3.08. The van der Waals surface area contributed by atoms with Crippen LogP contribution in [0, 0.1) is 0 Å². The van der Waals surface area contributed by atoms with E-state index in [2.05, 4.69) is 30.5 Å². The van der Waals surface area contributed by atoms with E-state index in [1.807, 2.05) is 13.0 Å². The van der Waals surface area contributed by atoms with Crippen LogP contribution in [0.5, 0.6) is 28.9 Å². The zero-order valence-corrected chi connectivity index (χ0v) is 20.2. The molecule has 0 aliphatic heterocycles. The molecule has 3 aromatic heterocycles. The van der Waals surface area contributed by atoms with Crippen molar-refractivity contribution in [3.63, 3.8) is 0 Å². The maximum Gasteiger partial charge on any atom is 0.231 e. The lowest BCUT2D eigenvalue weighted by Crippen LogP contribution is -2.16. The highest BCUT2D eigenvalue weighted by molar-refractivity contribution is 5.91. The minimum atomic E-state index is -0.248. The van der Waals surface area contributed by atoms with Gasteiger partial charge in [0, 0.05) is 29.8 Å². The molecule has 36 heavy (non-hydrogen) atoms. The standard InChI is InChI=1S/C25H26N6O5/c1-4-35-22-9-18-16(8-21(22)34-3)25(28-13-27-18)36-15-7-20(33-2)19(26-12-15)11-24(32)29-23-10-17(30-31-23)14-5-6-14/h7-10,12-14H,4-6,11H2,1-3H3,(H2,29,30,31,32). The van der Waals surface area contributed by atoms with Crippen LogP contribution >= 0.6 is 0 Å². The Bertz CT molecular complexity index is 1400. The third-order valence-corrected chi connectivity index (χ3v) is 5.73. The average Bonchev–Trinajstić information content (AvgIpc) is 3.63. The largest absolute Gasteiger partial charge is 0.495 e. The van der Waals surface area contributed by atoms with Gasteiger partial charge in [0.25, 0.3) is 0 Å². The van der Waals surface area contributed by atoms with E-state index in [1.165, 1.54) is 19.6 Å². The van der Waals surface area contributed by atoms with E-state index in [4.69, 9.17) is 18.9 Å². The van der Waals surface area contributed by atoms with E-state index in [9.17, 15) is 4.79 Å². The average molecular weight is 491 g/mol. The van der Waals surface area contributed by atoms with Crippen LogP contribution in [0.25, 0.3) is 10.9 Å². The van der Waals surface area contributed by atoms with Crippen LogP contribution in [0.1, 0.15) is 37.1 Å². The predicted molar refractivity (Wildman–Crippen MR) is 131 cm³/mol. The fourth-order valence-electron chi connectivity index (χ4n) is 3.82. The molecule has 1 aliphatic carbocycles. The molecule has 186 valence electrons. The van der Waals surface area contributed by atoms with Gasteiger partial charge in [0.1, 0.15) is 12.1 Å². The molecule has 1 amide bonds. The van der Waals surface area contributed by atoms with Crippen molar-refractivity contribution in [1.82, 2.24) is 25.1 Å². The third-order valence-electron chi connectivity index (χ3n) is 5.73. The quantitative estimate of drug-likeness (QED) is 0.338. The first-order valence-electron chi connectivity index (χ1n) is 11.6. The topological polar surface area (TPSA) is 133 Å². The Labute approximate surface area is 207 Å². The highest BCUT2D eigenvalue weighted by atomic mass is 16.5. The van der Waals surface area contributed by atoms with Crippen LogP contribution < -0.4 is 24.3 Å². The van der Waals surface area contributed by atoms with E-state index >= 15 is 0 Å². The summed E-state index contributed by atoms with van der Waals surface area (Å²) < 4.78 is 22.6. The van der Waals surface area contributed by atoms with E-state index in [1.54, 1.807) is 25.3 Å². The van der Waals surface area contributed by atoms with Crippen LogP contribution in [0.3, 0.4) is 0 Å². The molecule has 5 rings (SSSR count). The molecule has 1 aliphatic rings. The molecule has 11 nitrogen and oxygen atoms in total. The van der Waals surface area contributed by atoms with E-state index in [-0.39, 0.29) is 12.3 Å². The highest BCUT2D eigenvalue weighted by Crippen LogP contribution is 2.39. The fourth-order valence-corrected chi connectivity index (χ4v) is 3.82. The van der Waals surface area contributed by atoms with Gasteiger partial charge in [-0.05, 0) is 25.8 Å². The number of H-pyrrole nitrogens is 1. The molecule has 1 fully saturated rings. The van der Waals surface area contributed by atoms with Gasteiger partial charge in [0.05, 0.1) is 50.0 Å². The Morgan fingerprint density at radius 3 is 2.64 bits per heavy atom. The van der Waals surface area contributed by atoms with Crippen molar-refractivity contribution in [3.05, 3.63) is 48.2 Å². The number of anilines is 1. The zero-order chi connectivity index (χ0) is 25.1. The molecule has 3 heterocycles. The number of hydrogen-bond acceptors (Lipinski definition) is 9. The maximum atomic E-state index is 12.6. The Kier molecular flexibility index (Phi) is 6.52. The number of carbonyl (C=O) groups is 1. The van der Waals surface area contributed by atoms with E-state index in [0.29, 0.717) is 63.8 Å². The summed E-state index contributed by atoms with van der Waals surface area (Å²) in [5.74, 6) is 3.03. The van der Waals surface area contributed by atoms with Crippen LogP contribution in [0.2, 0.25) is 0 Å². The van der Waals surface area contributed by atoms with Gasteiger partial charge >= 0.3 is 0 Å². The number of fused-ring (bicyclic) bond motifs is 1. The number of nitrogens with one attached hydrogen (secondary N) is 2. The Hall–Kier alpha value is -4.41. The number of methoxy groups -OCH3 is 2. The summed E-state index contributed by atoms with van der Waals surface area (Å²) >= 11 is 0. The molecule has 11 heteroatoms. The lowest BCUT2D eigenvalue weighted by atomic mass is 10.2. The van der Waals surface area contributed by atoms with E-state index < -0.39 is 0 Å². The molecule has 0 spiro atoms. The molecule has 4 aromatic rings. The van der Waals surface area contributed by atoms with Gasteiger partial charge in [-0.2, -0.15) is 5.10 Å². The number of ether oxygens (including phenoxy) is 4. The predicted octanol–water partition coefficient (Wildman–Crippen LogP) is 4.01. The number of carbonyl (C=O) groups excluding carboxylic acids is 1. The smallest absolute Gasteiger partial charge is 0.231 e. The van der Waals surface area contributed by atoms with Crippen molar-refractivity contribution < 1.29 is 23.7 Å². The van der Waals surface area contributed by atoms with Gasteiger partial charge in [0.15, 0.2) is 23.1 Å². The molecule has 1 saturated carbocycles. The van der Waals surface area contributed by atoms with Gasteiger partial charge in [-0.3, -0.25) is 14.9 Å². The Morgan fingerprint density at radius 1 is 1.06 bits per heavy atom. The van der Waals surface area contributed by atoms with Crippen molar-refractivity contribution >= 4 is 22.6 Å². The maximum absolute atomic E-state index is 12.6. The van der Waals surface area contributed by atoms with Crippen molar-refractivity contribution in [2.45, 2.75) is 32.1 Å². The van der Waals surface area contributed by atoms with Gasteiger partial charge in [-0.25, -0.2) is 9.97 Å². The summed E-state index contributed by atoms with van der Waals surface area (Å²) in [4.78, 5) is 25.6.